The fourth-order valence-corrected chi connectivity index (χ4v) is 3.67. The summed E-state index contributed by atoms with van der Waals surface area (Å²) in [6.45, 7) is 0.442. The van der Waals surface area contributed by atoms with Crippen molar-refractivity contribution in [2.75, 3.05) is 6.54 Å². The largest absolute Gasteiger partial charge is 0.468 e. The minimum atomic E-state index is -3.67. The fraction of sp³-hybridized carbons (Fsp3) is 0.136. The lowest BCUT2D eigenvalue weighted by molar-refractivity contribution is -0.116. The summed E-state index contributed by atoms with van der Waals surface area (Å²) in [4.78, 5) is 12.0. The molecule has 3 aromatic rings. The Hall–Kier alpha value is -3.23. The Kier molecular flexibility index (Phi) is 7.16. The summed E-state index contributed by atoms with van der Waals surface area (Å²) >= 11 is 0. The maximum Gasteiger partial charge on any atom is 0.244 e. The Labute approximate surface area is 174 Å². The van der Waals surface area contributed by atoms with E-state index in [4.69, 9.17) is 4.42 Å². The number of benzene rings is 2. The predicted molar refractivity (Wildman–Crippen MR) is 111 cm³/mol. The van der Waals surface area contributed by atoms with E-state index in [0.717, 1.165) is 5.56 Å². The Bertz CT molecular complexity index is 1110. The van der Waals surface area contributed by atoms with Gasteiger partial charge in [-0.25, -0.2) is 17.5 Å². The van der Waals surface area contributed by atoms with Crippen molar-refractivity contribution in [1.29, 1.82) is 0 Å². The number of hydrogen-bond acceptors (Lipinski definition) is 4. The van der Waals surface area contributed by atoms with Gasteiger partial charge in [0, 0.05) is 12.6 Å². The van der Waals surface area contributed by atoms with E-state index in [2.05, 4.69) is 10.0 Å². The summed E-state index contributed by atoms with van der Waals surface area (Å²) in [5.41, 5.74) is 1.48. The molecule has 2 N–H and O–H groups in total. The van der Waals surface area contributed by atoms with Gasteiger partial charge in [-0.05, 0) is 60.0 Å². The lowest BCUT2D eigenvalue weighted by atomic mass is 10.1. The number of furan rings is 1. The van der Waals surface area contributed by atoms with Crippen molar-refractivity contribution in [3.05, 3.63) is 95.7 Å². The highest BCUT2D eigenvalue weighted by Crippen LogP contribution is 2.12. The molecule has 0 unspecified atom stereocenters. The third-order valence-corrected chi connectivity index (χ3v) is 5.65. The summed E-state index contributed by atoms with van der Waals surface area (Å²) in [5, 5.41) is 2.72. The van der Waals surface area contributed by atoms with Gasteiger partial charge in [0.25, 0.3) is 0 Å². The fourth-order valence-electron chi connectivity index (χ4n) is 2.67. The van der Waals surface area contributed by atoms with Gasteiger partial charge in [0.2, 0.25) is 15.9 Å². The van der Waals surface area contributed by atoms with Crippen molar-refractivity contribution >= 4 is 22.0 Å². The number of carbonyl (C=O) groups is 1. The number of halogens is 1. The molecule has 2 aromatic carbocycles. The minimum Gasteiger partial charge on any atom is -0.468 e. The van der Waals surface area contributed by atoms with Crippen molar-refractivity contribution in [2.24, 2.45) is 0 Å². The topological polar surface area (TPSA) is 88.4 Å². The average molecular weight is 428 g/mol. The van der Waals surface area contributed by atoms with Crippen LogP contribution >= 0.6 is 0 Å². The normalized spacial score (nSPS) is 11.6. The molecule has 0 aliphatic rings. The Morgan fingerprint density at radius 2 is 1.87 bits per heavy atom. The van der Waals surface area contributed by atoms with Crippen LogP contribution in [0.4, 0.5) is 4.39 Å². The van der Waals surface area contributed by atoms with E-state index in [-0.39, 0.29) is 23.2 Å². The zero-order chi connectivity index (χ0) is 21.4. The van der Waals surface area contributed by atoms with Crippen LogP contribution in [0, 0.1) is 5.82 Å². The van der Waals surface area contributed by atoms with E-state index in [9.17, 15) is 17.6 Å². The number of nitrogens with one attached hydrogen (secondary N) is 2. The second kappa shape index (κ2) is 10.00. The predicted octanol–water partition coefficient (Wildman–Crippen LogP) is 3.27. The zero-order valence-corrected chi connectivity index (χ0v) is 16.9. The lowest BCUT2D eigenvalue weighted by Gasteiger charge is -2.06. The van der Waals surface area contributed by atoms with Crippen LogP contribution in [-0.4, -0.2) is 20.9 Å². The van der Waals surface area contributed by atoms with Crippen LogP contribution in [0.2, 0.25) is 0 Å². The molecule has 0 spiro atoms. The standard InChI is InChI=1S/C22H21FN2O4S/c23-19-4-1-3-18(15-19)12-13-24-22(26)11-8-17-6-9-21(10-7-17)30(27,28)25-16-20-5-2-14-29-20/h1-11,14-15,25H,12-13,16H2,(H,24,26)/b11-8+. The van der Waals surface area contributed by atoms with Crippen LogP contribution in [0.1, 0.15) is 16.9 Å². The van der Waals surface area contributed by atoms with Crippen molar-refractivity contribution in [3.63, 3.8) is 0 Å². The molecule has 0 atom stereocenters. The van der Waals surface area contributed by atoms with E-state index in [1.54, 1.807) is 42.5 Å². The van der Waals surface area contributed by atoms with E-state index in [0.29, 0.717) is 24.3 Å². The molecule has 156 valence electrons. The number of rotatable bonds is 9. The lowest BCUT2D eigenvalue weighted by Crippen LogP contribution is -2.23. The third-order valence-electron chi connectivity index (χ3n) is 4.24. The Balaban J connectivity index is 1.49. The van der Waals surface area contributed by atoms with Gasteiger partial charge in [0.1, 0.15) is 11.6 Å². The zero-order valence-electron chi connectivity index (χ0n) is 16.0. The number of sulfonamides is 1. The SMILES string of the molecule is O=C(/C=C/c1ccc(S(=O)(=O)NCc2ccco2)cc1)NCCc1cccc(F)c1. The van der Waals surface area contributed by atoms with E-state index >= 15 is 0 Å². The highest BCUT2D eigenvalue weighted by molar-refractivity contribution is 7.89. The van der Waals surface area contributed by atoms with Crippen molar-refractivity contribution in [1.82, 2.24) is 10.0 Å². The van der Waals surface area contributed by atoms with Gasteiger partial charge >= 0.3 is 0 Å². The molecular weight excluding hydrogens is 407 g/mol. The van der Waals surface area contributed by atoms with E-state index < -0.39 is 10.0 Å². The first-order chi connectivity index (χ1) is 14.4. The second-order valence-electron chi connectivity index (χ2n) is 6.48. The second-order valence-corrected chi connectivity index (χ2v) is 8.24. The van der Waals surface area contributed by atoms with Crippen molar-refractivity contribution < 1.29 is 22.0 Å². The summed E-state index contributed by atoms with van der Waals surface area (Å²) in [5.74, 6) is -0.0786. The Morgan fingerprint density at radius 3 is 2.57 bits per heavy atom. The van der Waals surface area contributed by atoms with Crippen LogP contribution in [0.25, 0.3) is 6.08 Å². The molecule has 0 radical (unpaired) electrons. The van der Waals surface area contributed by atoms with Crippen LogP contribution < -0.4 is 10.0 Å². The summed E-state index contributed by atoms with van der Waals surface area (Å²) in [6.07, 6.45) is 4.95. The van der Waals surface area contributed by atoms with Gasteiger partial charge in [0.05, 0.1) is 17.7 Å². The monoisotopic (exact) mass is 428 g/mol. The molecule has 0 bridgehead atoms. The first-order valence-electron chi connectivity index (χ1n) is 9.25. The highest BCUT2D eigenvalue weighted by atomic mass is 32.2. The smallest absolute Gasteiger partial charge is 0.244 e. The van der Waals surface area contributed by atoms with Gasteiger partial charge in [-0.15, -0.1) is 0 Å². The van der Waals surface area contributed by atoms with Crippen LogP contribution in [0.5, 0.6) is 0 Å². The van der Waals surface area contributed by atoms with E-state index in [1.807, 2.05) is 0 Å². The number of hydrogen-bond donors (Lipinski definition) is 2. The van der Waals surface area contributed by atoms with Crippen LogP contribution in [0.3, 0.4) is 0 Å². The molecule has 0 saturated carbocycles. The summed E-state index contributed by atoms with van der Waals surface area (Å²) < 4.78 is 45.3. The third kappa shape index (κ3) is 6.40. The van der Waals surface area contributed by atoms with Gasteiger partial charge in [-0.1, -0.05) is 24.3 Å². The summed E-state index contributed by atoms with van der Waals surface area (Å²) in [6, 6.07) is 15.7. The van der Waals surface area contributed by atoms with Gasteiger partial charge in [0.15, 0.2) is 0 Å². The van der Waals surface area contributed by atoms with E-state index in [1.165, 1.54) is 36.6 Å². The molecule has 0 fully saturated rings. The molecule has 1 heterocycles. The summed E-state index contributed by atoms with van der Waals surface area (Å²) in [7, 11) is -3.67. The first kappa shape index (κ1) is 21.5. The number of amides is 1. The van der Waals surface area contributed by atoms with Gasteiger partial charge in [-0.3, -0.25) is 4.79 Å². The average Bonchev–Trinajstić information content (AvgIpc) is 3.25. The van der Waals surface area contributed by atoms with Crippen molar-refractivity contribution in [2.45, 2.75) is 17.9 Å². The molecule has 1 amide bonds. The Morgan fingerprint density at radius 1 is 1.07 bits per heavy atom. The molecule has 8 heteroatoms. The molecule has 30 heavy (non-hydrogen) atoms. The first-order valence-corrected chi connectivity index (χ1v) is 10.7. The molecule has 3 rings (SSSR count). The van der Waals surface area contributed by atoms with Crippen LogP contribution in [-0.2, 0) is 27.8 Å². The molecule has 1 aromatic heterocycles. The highest BCUT2D eigenvalue weighted by Gasteiger charge is 2.13. The molecule has 0 saturated heterocycles. The molecule has 0 aliphatic carbocycles. The number of carbonyl (C=O) groups excluding carboxylic acids is 1. The molecular formula is C22H21FN2O4S. The quantitative estimate of drug-likeness (QED) is 0.512. The minimum absolute atomic E-state index is 0.0623. The molecule has 0 aliphatic heterocycles. The maximum absolute atomic E-state index is 13.1. The van der Waals surface area contributed by atoms with Gasteiger partial charge in [-0.2, -0.15) is 0 Å². The van der Waals surface area contributed by atoms with Gasteiger partial charge < -0.3 is 9.73 Å². The van der Waals surface area contributed by atoms with Crippen LogP contribution in [0.15, 0.2) is 82.3 Å². The molecule has 6 nitrogen and oxygen atoms in total. The maximum atomic E-state index is 13.1. The van der Waals surface area contributed by atoms with Crippen molar-refractivity contribution in [3.8, 4) is 0 Å².